The number of aryl methyl sites for hydroxylation is 1. The number of anilines is 1. The highest BCUT2D eigenvalue weighted by molar-refractivity contribution is 5.85. The molecular weight excluding hydrogens is 348 g/mol. The van der Waals surface area contributed by atoms with Gasteiger partial charge in [-0.3, -0.25) is 4.79 Å². The molecule has 0 aliphatic carbocycles. The molecule has 0 spiro atoms. The van der Waals surface area contributed by atoms with Crippen LogP contribution in [0, 0.1) is 0 Å². The van der Waals surface area contributed by atoms with Gasteiger partial charge in [0.25, 0.3) is 0 Å². The number of unbranched alkanes of at least 4 members (excludes halogenated alkanes) is 1. The maximum absolute atomic E-state index is 12.4. The van der Waals surface area contributed by atoms with Crippen molar-refractivity contribution in [3.05, 3.63) is 59.7 Å². The van der Waals surface area contributed by atoms with Gasteiger partial charge in [-0.15, -0.1) is 12.4 Å². The Bertz CT molecular complexity index is 674. The van der Waals surface area contributed by atoms with Crippen molar-refractivity contribution in [1.82, 2.24) is 5.32 Å². The molecule has 142 valence electrons. The fourth-order valence-electron chi connectivity index (χ4n) is 2.84. The average molecular weight is 377 g/mol. The summed E-state index contributed by atoms with van der Waals surface area (Å²) in [5.74, 6) is 0.879. The van der Waals surface area contributed by atoms with E-state index in [0.717, 1.165) is 41.8 Å². The van der Waals surface area contributed by atoms with Crippen LogP contribution >= 0.6 is 12.4 Å². The Labute approximate surface area is 162 Å². The van der Waals surface area contributed by atoms with E-state index in [0.29, 0.717) is 12.8 Å². The fraction of sp³-hybridized carbons (Fsp3) is 0.381. The number of benzene rings is 2. The number of hydrogen-bond acceptors (Lipinski definition) is 3. The molecule has 2 aromatic rings. The summed E-state index contributed by atoms with van der Waals surface area (Å²) in [6.45, 7) is 2.16. The van der Waals surface area contributed by atoms with Gasteiger partial charge in [-0.25, -0.2) is 0 Å². The number of ether oxygens (including phenoxy) is 1. The van der Waals surface area contributed by atoms with Crippen LogP contribution in [0.15, 0.2) is 48.5 Å². The number of nitrogens with one attached hydrogen (secondary N) is 1. The standard InChI is InChI=1S/C21H28N2O2.ClH/c1-3-4-9-20(17-10-13-18(25-2)14-11-17)23-21(24)15-12-16-7-5-6-8-19(16)22;/h5-8,10-11,13-14,20H,3-4,9,12,15,22H2,1-2H3,(H,23,24);1H. The predicted octanol–water partition coefficient (Wildman–Crippen LogP) is 4.68. The fourth-order valence-corrected chi connectivity index (χ4v) is 2.84. The van der Waals surface area contributed by atoms with Crippen molar-refractivity contribution in [2.75, 3.05) is 12.8 Å². The maximum Gasteiger partial charge on any atom is 0.220 e. The molecule has 0 saturated carbocycles. The Kier molecular flexibility index (Phi) is 9.60. The van der Waals surface area contributed by atoms with Crippen LogP contribution in [0.25, 0.3) is 0 Å². The second-order valence-electron chi connectivity index (χ2n) is 6.23. The molecule has 26 heavy (non-hydrogen) atoms. The van der Waals surface area contributed by atoms with Gasteiger partial charge in [-0.05, 0) is 42.2 Å². The van der Waals surface area contributed by atoms with Crippen molar-refractivity contribution >= 4 is 24.0 Å². The van der Waals surface area contributed by atoms with Crippen molar-refractivity contribution in [3.63, 3.8) is 0 Å². The lowest BCUT2D eigenvalue weighted by atomic mass is 10.00. The highest BCUT2D eigenvalue weighted by atomic mass is 35.5. The highest BCUT2D eigenvalue weighted by Gasteiger charge is 2.14. The summed E-state index contributed by atoms with van der Waals surface area (Å²) in [6.07, 6.45) is 4.20. The zero-order valence-electron chi connectivity index (χ0n) is 15.5. The van der Waals surface area contributed by atoms with E-state index in [1.807, 2.05) is 48.5 Å². The van der Waals surface area contributed by atoms with Gasteiger partial charge in [0, 0.05) is 12.1 Å². The van der Waals surface area contributed by atoms with Crippen LogP contribution in [0.2, 0.25) is 0 Å². The molecule has 0 saturated heterocycles. The largest absolute Gasteiger partial charge is 0.497 e. The van der Waals surface area contributed by atoms with Crippen LogP contribution in [-0.2, 0) is 11.2 Å². The summed E-state index contributed by atoms with van der Waals surface area (Å²) >= 11 is 0. The third-order valence-electron chi connectivity index (χ3n) is 4.38. The van der Waals surface area contributed by atoms with Gasteiger partial charge in [0.1, 0.15) is 5.75 Å². The number of para-hydroxylation sites is 1. The Morgan fingerprint density at radius 2 is 1.85 bits per heavy atom. The molecule has 1 amide bonds. The first-order valence-corrected chi connectivity index (χ1v) is 8.90. The van der Waals surface area contributed by atoms with Crippen LogP contribution in [0.1, 0.15) is 49.8 Å². The van der Waals surface area contributed by atoms with Crippen molar-refractivity contribution in [2.24, 2.45) is 0 Å². The minimum atomic E-state index is 0. The lowest BCUT2D eigenvalue weighted by Gasteiger charge is -2.19. The van der Waals surface area contributed by atoms with E-state index in [4.69, 9.17) is 10.5 Å². The molecule has 4 nitrogen and oxygen atoms in total. The normalized spacial score (nSPS) is 11.3. The Morgan fingerprint density at radius 1 is 1.15 bits per heavy atom. The SMILES string of the molecule is CCCCC(NC(=O)CCc1ccccc1N)c1ccc(OC)cc1.Cl. The zero-order chi connectivity index (χ0) is 18.1. The zero-order valence-corrected chi connectivity index (χ0v) is 16.4. The third-order valence-corrected chi connectivity index (χ3v) is 4.38. The molecule has 0 aliphatic heterocycles. The predicted molar refractivity (Wildman–Crippen MR) is 110 cm³/mol. The van der Waals surface area contributed by atoms with Gasteiger partial charge in [0.15, 0.2) is 0 Å². The number of rotatable bonds is 9. The van der Waals surface area contributed by atoms with Crippen molar-refractivity contribution in [2.45, 2.75) is 45.1 Å². The first kappa shape index (κ1) is 21.8. The Balaban J connectivity index is 0.00000338. The van der Waals surface area contributed by atoms with Gasteiger partial charge in [0.05, 0.1) is 13.2 Å². The molecule has 0 radical (unpaired) electrons. The molecule has 0 heterocycles. The number of carbonyl (C=O) groups is 1. The third kappa shape index (κ3) is 6.60. The van der Waals surface area contributed by atoms with E-state index in [1.165, 1.54) is 0 Å². The van der Waals surface area contributed by atoms with Gasteiger partial charge >= 0.3 is 0 Å². The second-order valence-corrected chi connectivity index (χ2v) is 6.23. The molecule has 0 bridgehead atoms. The molecule has 0 aliphatic rings. The van der Waals surface area contributed by atoms with E-state index in [2.05, 4.69) is 12.2 Å². The molecular formula is C21H29ClN2O2. The lowest BCUT2D eigenvalue weighted by molar-refractivity contribution is -0.121. The van der Waals surface area contributed by atoms with E-state index >= 15 is 0 Å². The molecule has 2 rings (SSSR count). The number of halogens is 1. The van der Waals surface area contributed by atoms with Crippen LogP contribution < -0.4 is 15.8 Å². The smallest absolute Gasteiger partial charge is 0.220 e. The summed E-state index contributed by atoms with van der Waals surface area (Å²) in [7, 11) is 1.65. The maximum atomic E-state index is 12.4. The first-order valence-electron chi connectivity index (χ1n) is 8.90. The number of hydrogen-bond donors (Lipinski definition) is 2. The summed E-state index contributed by atoms with van der Waals surface area (Å²) in [5.41, 5.74) is 8.83. The average Bonchev–Trinajstić information content (AvgIpc) is 2.64. The highest BCUT2D eigenvalue weighted by Crippen LogP contribution is 2.22. The molecule has 3 N–H and O–H groups in total. The van der Waals surface area contributed by atoms with E-state index in [-0.39, 0.29) is 24.4 Å². The quantitative estimate of drug-likeness (QED) is 0.624. The molecule has 0 fully saturated rings. The van der Waals surface area contributed by atoms with Crippen molar-refractivity contribution in [3.8, 4) is 5.75 Å². The molecule has 1 unspecified atom stereocenters. The van der Waals surface area contributed by atoms with Crippen molar-refractivity contribution in [1.29, 1.82) is 0 Å². The van der Waals surface area contributed by atoms with E-state index in [1.54, 1.807) is 7.11 Å². The number of amides is 1. The molecule has 1 atom stereocenters. The second kappa shape index (κ2) is 11.4. The van der Waals surface area contributed by atoms with Crippen LogP contribution in [0.4, 0.5) is 5.69 Å². The molecule has 2 aromatic carbocycles. The van der Waals surface area contributed by atoms with Gasteiger partial charge in [0.2, 0.25) is 5.91 Å². The van der Waals surface area contributed by atoms with Crippen LogP contribution in [0.3, 0.4) is 0 Å². The monoisotopic (exact) mass is 376 g/mol. The summed E-state index contributed by atoms with van der Waals surface area (Å²) in [5, 5.41) is 3.17. The topological polar surface area (TPSA) is 64.4 Å². The summed E-state index contributed by atoms with van der Waals surface area (Å²) < 4.78 is 5.21. The summed E-state index contributed by atoms with van der Waals surface area (Å²) in [6, 6.07) is 15.6. The van der Waals surface area contributed by atoms with Gasteiger partial charge in [-0.1, -0.05) is 50.1 Å². The number of methoxy groups -OCH3 is 1. The van der Waals surface area contributed by atoms with E-state index in [9.17, 15) is 4.79 Å². The number of nitrogen functional groups attached to an aromatic ring is 1. The molecule has 0 aromatic heterocycles. The Hall–Kier alpha value is -2.20. The lowest BCUT2D eigenvalue weighted by Crippen LogP contribution is -2.28. The summed E-state index contributed by atoms with van der Waals surface area (Å²) in [4.78, 5) is 12.4. The Morgan fingerprint density at radius 3 is 2.46 bits per heavy atom. The number of carbonyl (C=O) groups excluding carboxylic acids is 1. The first-order chi connectivity index (χ1) is 12.1. The molecule has 5 heteroatoms. The minimum absolute atomic E-state index is 0. The van der Waals surface area contributed by atoms with Crippen molar-refractivity contribution < 1.29 is 9.53 Å². The van der Waals surface area contributed by atoms with Crippen LogP contribution in [0.5, 0.6) is 5.75 Å². The minimum Gasteiger partial charge on any atom is -0.497 e. The van der Waals surface area contributed by atoms with E-state index < -0.39 is 0 Å². The van der Waals surface area contributed by atoms with Crippen LogP contribution in [-0.4, -0.2) is 13.0 Å². The van der Waals surface area contributed by atoms with Gasteiger partial charge in [-0.2, -0.15) is 0 Å². The van der Waals surface area contributed by atoms with Gasteiger partial charge < -0.3 is 15.8 Å². The number of nitrogens with two attached hydrogens (primary N) is 1.